The molecule has 2 heterocycles. The van der Waals surface area contributed by atoms with Crippen LogP contribution in [0.3, 0.4) is 0 Å². The second-order valence-corrected chi connectivity index (χ2v) is 6.97. The van der Waals surface area contributed by atoms with Crippen LogP contribution in [-0.2, 0) is 5.67 Å². The molecule has 0 aromatic carbocycles. The summed E-state index contributed by atoms with van der Waals surface area (Å²) in [6.45, 7) is 5.67. The lowest BCUT2D eigenvalue weighted by molar-refractivity contribution is 0.206. The van der Waals surface area contributed by atoms with E-state index < -0.39 is 5.67 Å². The van der Waals surface area contributed by atoms with Gasteiger partial charge in [0.15, 0.2) is 11.5 Å². The molecule has 0 aliphatic heterocycles. The van der Waals surface area contributed by atoms with Crippen molar-refractivity contribution in [1.82, 2.24) is 19.9 Å². The molecule has 0 amide bonds. The summed E-state index contributed by atoms with van der Waals surface area (Å²) in [6, 6.07) is 3.96. The molecule has 0 unspecified atom stereocenters. The third kappa shape index (κ3) is 4.70. The molecule has 2 aromatic heterocycles. The second kappa shape index (κ2) is 7.65. The maximum Gasteiger partial charge on any atom is 0.255 e. The number of hydrogen-bond donors (Lipinski definition) is 0. The SMILES string of the molecule is CCCN(c1nc(N=CN(C)C)nc(C(C)(C)F)n1)c1cccs1. The van der Waals surface area contributed by atoms with Gasteiger partial charge in [-0.1, -0.05) is 6.92 Å². The zero-order chi connectivity index (χ0) is 17.7. The van der Waals surface area contributed by atoms with Gasteiger partial charge in [0.05, 0.1) is 11.3 Å². The monoisotopic (exact) mass is 350 g/mol. The summed E-state index contributed by atoms with van der Waals surface area (Å²) in [5.41, 5.74) is -1.67. The highest BCUT2D eigenvalue weighted by molar-refractivity contribution is 7.14. The fourth-order valence-electron chi connectivity index (χ4n) is 1.92. The van der Waals surface area contributed by atoms with Gasteiger partial charge < -0.3 is 9.80 Å². The first kappa shape index (κ1) is 18.3. The highest BCUT2D eigenvalue weighted by Gasteiger charge is 2.26. The minimum atomic E-state index is -1.67. The largest absolute Gasteiger partial charge is 0.369 e. The average molecular weight is 350 g/mol. The van der Waals surface area contributed by atoms with Crippen molar-refractivity contribution in [1.29, 1.82) is 0 Å². The molecule has 2 aromatic rings. The maximum absolute atomic E-state index is 14.4. The molecule has 0 saturated heterocycles. The molecular formula is C16H23FN6S. The van der Waals surface area contributed by atoms with Crippen molar-refractivity contribution in [2.75, 3.05) is 25.5 Å². The summed E-state index contributed by atoms with van der Waals surface area (Å²) in [7, 11) is 3.70. The van der Waals surface area contributed by atoms with Crippen molar-refractivity contribution in [3.63, 3.8) is 0 Å². The Kier molecular flexibility index (Phi) is 5.82. The van der Waals surface area contributed by atoms with Crippen molar-refractivity contribution in [2.24, 2.45) is 4.99 Å². The Labute approximate surface area is 146 Å². The molecule has 0 radical (unpaired) electrons. The summed E-state index contributed by atoms with van der Waals surface area (Å²) in [4.78, 5) is 20.9. The Balaban J connectivity index is 2.52. The van der Waals surface area contributed by atoms with Crippen LogP contribution in [0.1, 0.15) is 33.0 Å². The molecule has 0 atom stereocenters. The topological polar surface area (TPSA) is 57.5 Å². The lowest BCUT2D eigenvalue weighted by Gasteiger charge is -2.22. The molecule has 6 nitrogen and oxygen atoms in total. The van der Waals surface area contributed by atoms with Crippen molar-refractivity contribution >= 4 is 34.6 Å². The van der Waals surface area contributed by atoms with Gasteiger partial charge in [0.2, 0.25) is 5.95 Å². The molecule has 0 fully saturated rings. The van der Waals surface area contributed by atoms with Crippen LogP contribution in [0, 0.1) is 0 Å². The number of halogens is 1. The van der Waals surface area contributed by atoms with E-state index >= 15 is 0 Å². The van der Waals surface area contributed by atoms with Gasteiger partial charge >= 0.3 is 0 Å². The maximum atomic E-state index is 14.4. The number of nitrogens with zero attached hydrogens (tertiary/aromatic N) is 6. The fraction of sp³-hybridized carbons (Fsp3) is 0.500. The molecule has 0 spiro atoms. The van der Waals surface area contributed by atoms with Crippen LogP contribution < -0.4 is 4.90 Å². The number of aliphatic imine (C=N–C) groups is 1. The Hall–Kier alpha value is -2.09. The third-order valence-corrected chi connectivity index (χ3v) is 3.90. The first-order chi connectivity index (χ1) is 11.3. The molecule has 0 aliphatic carbocycles. The smallest absolute Gasteiger partial charge is 0.255 e. The van der Waals surface area contributed by atoms with Crippen LogP contribution in [0.25, 0.3) is 0 Å². The van der Waals surface area contributed by atoms with E-state index in [0.29, 0.717) is 5.95 Å². The van der Waals surface area contributed by atoms with Crippen molar-refractivity contribution in [2.45, 2.75) is 32.9 Å². The number of rotatable bonds is 7. The zero-order valence-electron chi connectivity index (χ0n) is 14.7. The number of thiophene rings is 1. The molecule has 24 heavy (non-hydrogen) atoms. The third-order valence-electron chi connectivity index (χ3n) is 3.01. The summed E-state index contributed by atoms with van der Waals surface area (Å²) in [5.74, 6) is 0.698. The summed E-state index contributed by atoms with van der Waals surface area (Å²) < 4.78 is 14.4. The Bertz CT molecular complexity index is 678. The second-order valence-electron chi connectivity index (χ2n) is 6.04. The van der Waals surface area contributed by atoms with E-state index in [4.69, 9.17) is 0 Å². The Morgan fingerprint density at radius 1 is 1.29 bits per heavy atom. The highest BCUT2D eigenvalue weighted by atomic mass is 32.1. The lowest BCUT2D eigenvalue weighted by Crippen LogP contribution is -2.23. The van der Waals surface area contributed by atoms with Crippen LogP contribution in [0.5, 0.6) is 0 Å². The van der Waals surface area contributed by atoms with Crippen LogP contribution in [0.15, 0.2) is 22.5 Å². The Morgan fingerprint density at radius 3 is 2.58 bits per heavy atom. The first-order valence-electron chi connectivity index (χ1n) is 7.78. The molecule has 8 heteroatoms. The van der Waals surface area contributed by atoms with E-state index in [9.17, 15) is 4.39 Å². The van der Waals surface area contributed by atoms with Gasteiger partial charge in [-0.2, -0.15) is 15.0 Å². The van der Waals surface area contributed by atoms with Crippen LogP contribution in [0.4, 0.5) is 21.3 Å². The normalized spacial score (nSPS) is 11.9. The number of aromatic nitrogens is 3. The van der Waals surface area contributed by atoms with Crippen molar-refractivity contribution < 1.29 is 4.39 Å². The molecule has 0 aliphatic rings. The minimum absolute atomic E-state index is 0.0797. The van der Waals surface area contributed by atoms with Gasteiger partial charge in [-0.25, -0.2) is 9.38 Å². The predicted octanol–water partition coefficient (Wildman–Crippen LogP) is 3.91. The number of alkyl halides is 1. The Morgan fingerprint density at radius 2 is 2.04 bits per heavy atom. The number of hydrogen-bond acceptors (Lipinski definition) is 6. The summed E-state index contributed by atoms with van der Waals surface area (Å²) >= 11 is 1.59. The first-order valence-corrected chi connectivity index (χ1v) is 8.66. The lowest BCUT2D eigenvalue weighted by atomic mass is 10.1. The average Bonchev–Trinajstić information content (AvgIpc) is 3.03. The quantitative estimate of drug-likeness (QED) is 0.560. The van der Waals surface area contributed by atoms with Crippen molar-refractivity contribution in [3.8, 4) is 0 Å². The van der Waals surface area contributed by atoms with Gasteiger partial charge in [0.1, 0.15) is 0 Å². The van der Waals surface area contributed by atoms with Gasteiger partial charge in [-0.05, 0) is 37.8 Å². The highest BCUT2D eigenvalue weighted by Crippen LogP contribution is 2.30. The van der Waals surface area contributed by atoms with E-state index in [0.717, 1.165) is 18.0 Å². The molecule has 0 saturated carbocycles. The van der Waals surface area contributed by atoms with Gasteiger partial charge in [0, 0.05) is 20.6 Å². The zero-order valence-corrected chi connectivity index (χ0v) is 15.5. The van der Waals surface area contributed by atoms with Crippen molar-refractivity contribution in [3.05, 3.63) is 23.3 Å². The summed E-state index contributed by atoms with van der Waals surface area (Å²) in [5, 5.41) is 3.00. The van der Waals surface area contributed by atoms with E-state index in [-0.39, 0.29) is 11.8 Å². The molecule has 0 N–H and O–H groups in total. The van der Waals surface area contributed by atoms with E-state index in [1.807, 2.05) is 36.5 Å². The fourth-order valence-corrected chi connectivity index (χ4v) is 2.68. The van der Waals surface area contributed by atoms with E-state index in [1.165, 1.54) is 13.8 Å². The number of anilines is 2. The summed E-state index contributed by atoms with van der Waals surface area (Å²) in [6.07, 6.45) is 2.50. The van der Waals surface area contributed by atoms with Gasteiger partial charge in [-0.3, -0.25) is 0 Å². The van der Waals surface area contributed by atoms with E-state index in [1.54, 1.807) is 22.6 Å². The van der Waals surface area contributed by atoms with Gasteiger partial charge in [0.25, 0.3) is 5.95 Å². The molecular weight excluding hydrogens is 327 g/mol. The van der Waals surface area contributed by atoms with Crippen LogP contribution >= 0.6 is 11.3 Å². The minimum Gasteiger partial charge on any atom is -0.369 e. The molecule has 2 rings (SSSR count). The molecule has 130 valence electrons. The van der Waals surface area contributed by atoms with Crippen LogP contribution in [-0.4, -0.2) is 46.8 Å². The van der Waals surface area contributed by atoms with Crippen LogP contribution in [0.2, 0.25) is 0 Å². The standard InChI is InChI=1S/C16H23FN6S/c1-6-9-23(12-8-7-10-24-12)15-20-13(16(2,3)17)19-14(21-15)18-11-22(4)5/h7-8,10-11H,6,9H2,1-5H3. The van der Waals surface area contributed by atoms with E-state index in [2.05, 4.69) is 26.9 Å². The molecule has 0 bridgehead atoms. The predicted molar refractivity (Wildman–Crippen MR) is 97.4 cm³/mol. The van der Waals surface area contributed by atoms with Gasteiger partial charge in [-0.15, -0.1) is 11.3 Å².